The Hall–Kier alpha value is -0.610. The molecule has 0 bridgehead atoms. The molecule has 1 fully saturated rings. The largest absolute Gasteiger partial charge is 0.469 e. The van der Waals surface area contributed by atoms with Crippen LogP contribution in [0.2, 0.25) is 0 Å². The zero-order valence-corrected chi connectivity index (χ0v) is 7.41. The minimum Gasteiger partial charge on any atom is -0.469 e. The highest BCUT2D eigenvalue weighted by Gasteiger charge is 2.22. The van der Waals surface area contributed by atoms with Gasteiger partial charge in [0.25, 0.3) is 0 Å². The average Bonchev–Trinajstić information content (AvgIpc) is 2.04. The normalized spacial score (nSPS) is 29.8. The van der Waals surface area contributed by atoms with E-state index < -0.39 is 6.29 Å². The molecule has 0 unspecified atom stereocenters. The number of rotatable bonds is 2. The van der Waals surface area contributed by atoms with Crippen molar-refractivity contribution in [3.63, 3.8) is 0 Å². The Morgan fingerprint density at radius 2 is 2.42 bits per heavy atom. The minimum absolute atomic E-state index is 0.174. The van der Waals surface area contributed by atoms with Gasteiger partial charge in [0.1, 0.15) is 0 Å². The maximum atomic E-state index is 10.8. The van der Waals surface area contributed by atoms with Gasteiger partial charge in [-0.3, -0.25) is 4.79 Å². The van der Waals surface area contributed by atoms with Gasteiger partial charge in [-0.15, -0.1) is 0 Å². The molecule has 1 aliphatic rings. The highest BCUT2D eigenvalue weighted by Crippen LogP contribution is 2.14. The minimum atomic E-state index is -0.416. The molecule has 70 valence electrons. The maximum absolute atomic E-state index is 10.8. The molecule has 4 nitrogen and oxygen atoms in total. The van der Waals surface area contributed by atoms with E-state index in [0.29, 0.717) is 6.61 Å². The van der Waals surface area contributed by atoms with Crippen LogP contribution in [0.1, 0.15) is 19.8 Å². The second-order valence-corrected chi connectivity index (χ2v) is 2.82. The first-order valence-electron chi connectivity index (χ1n) is 4.06. The van der Waals surface area contributed by atoms with E-state index in [1.807, 2.05) is 6.92 Å². The molecule has 0 aliphatic carbocycles. The summed E-state index contributed by atoms with van der Waals surface area (Å²) in [4.78, 5) is 10.8. The van der Waals surface area contributed by atoms with Gasteiger partial charge in [0.05, 0.1) is 26.2 Å². The predicted molar refractivity (Wildman–Crippen MR) is 41.5 cm³/mol. The molecule has 0 aromatic rings. The third-order valence-electron chi connectivity index (χ3n) is 1.77. The van der Waals surface area contributed by atoms with Gasteiger partial charge in [0.15, 0.2) is 6.29 Å². The molecule has 0 saturated carbocycles. The predicted octanol–water partition coefficient (Wildman–Crippen LogP) is 0.701. The summed E-state index contributed by atoms with van der Waals surface area (Å²) in [6.45, 7) is 2.62. The molecule has 1 saturated heterocycles. The van der Waals surface area contributed by atoms with Crippen LogP contribution in [0, 0.1) is 0 Å². The Bertz CT molecular complexity index is 157. The molecular formula is C8H14O4. The summed E-state index contributed by atoms with van der Waals surface area (Å²) in [7, 11) is 1.36. The Labute approximate surface area is 71.8 Å². The van der Waals surface area contributed by atoms with Crippen LogP contribution in [0.5, 0.6) is 0 Å². The summed E-state index contributed by atoms with van der Waals surface area (Å²) in [6.07, 6.45) is 0.827. The second-order valence-electron chi connectivity index (χ2n) is 2.82. The van der Waals surface area contributed by atoms with Gasteiger partial charge in [-0.05, 0) is 13.3 Å². The van der Waals surface area contributed by atoms with E-state index >= 15 is 0 Å². The smallest absolute Gasteiger partial charge is 0.310 e. The molecule has 1 rings (SSSR count). The van der Waals surface area contributed by atoms with Gasteiger partial charge in [0.2, 0.25) is 0 Å². The van der Waals surface area contributed by atoms with Crippen molar-refractivity contribution >= 4 is 5.97 Å². The number of esters is 1. The molecular weight excluding hydrogens is 160 g/mol. The van der Waals surface area contributed by atoms with Crippen molar-refractivity contribution in [3.05, 3.63) is 0 Å². The zero-order chi connectivity index (χ0) is 8.97. The highest BCUT2D eigenvalue weighted by atomic mass is 16.7. The van der Waals surface area contributed by atoms with Crippen molar-refractivity contribution in [2.75, 3.05) is 13.7 Å². The standard InChI is InChI=1S/C8H14O4/c1-6-3-4-11-8(12-6)5-7(9)10-2/h6,8H,3-5H2,1-2H3/t6-,8+/m0/s1. The van der Waals surface area contributed by atoms with E-state index in [-0.39, 0.29) is 18.5 Å². The third-order valence-corrected chi connectivity index (χ3v) is 1.77. The molecule has 0 amide bonds. The van der Waals surface area contributed by atoms with Crippen molar-refractivity contribution in [2.45, 2.75) is 32.2 Å². The van der Waals surface area contributed by atoms with Crippen LogP contribution in [0.4, 0.5) is 0 Å². The van der Waals surface area contributed by atoms with Crippen LogP contribution in [-0.2, 0) is 19.0 Å². The maximum Gasteiger partial charge on any atom is 0.310 e. The average molecular weight is 174 g/mol. The van der Waals surface area contributed by atoms with Crippen LogP contribution in [-0.4, -0.2) is 32.1 Å². The molecule has 0 aromatic carbocycles. The summed E-state index contributed by atoms with van der Waals surface area (Å²) in [5, 5.41) is 0. The molecule has 0 aromatic heterocycles. The van der Waals surface area contributed by atoms with Crippen LogP contribution >= 0.6 is 0 Å². The summed E-state index contributed by atoms with van der Waals surface area (Å²) in [6, 6.07) is 0. The molecule has 0 N–H and O–H groups in total. The Kier molecular flexibility index (Phi) is 3.49. The van der Waals surface area contributed by atoms with Crippen molar-refractivity contribution < 1.29 is 19.0 Å². The summed E-state index contributed by atoms with van der Waals surface area (Å²) in [5.74, 6) is -0.297. The lowest BCUT2D eigenvalue weighted by Crippen LogP contribution is -2.32. The quantitative estimate of drug-likeness (QED) is 0.578. The van der Waals surface area contributed by atoms with Gasteiger partial charge < -0.3 is 14.2 Å². The summed E-state index contributed by atoms with van der Waals surface area (Å²) >= 11 is 0. The number of carbonyl (C=O) groups is 1. The monoisotopic (exact) mass is 174 g/mol. The lowest BCUT2D eigenvalue weighted by molar-refractivity contribution is -0.213. The fourth-order valence-corrected chi connectivity index (χ4v) is 1.06. The Balaban J connectivity index is 2.27. The number of carbonyl (C=O) groups excluding carboxylic acids is 1. The summed E-state index contributed by atoms with van der Waals surface area (Å²) < 4.78 is 15.0. The van der Waals surface area contributed by atoms with E-state index in [1.54, 1.807) is 0 Å². The van der Waals surface area contributed by atoms with Crippen molar-refractivity contribution in [3.8, 4) is 0 Å². The van der Waals surface area contributed by atoms with Crippen LogP contribution in [0.3, 0.4) is 0 Å². The van der Waals surface area contributed by atoms with Gasteiger partial charge in [-0.1, -0.05) is 0 Å². The number of hydrogen-bond donors (Lipinski definition) is 0. The van der Waals surface area contributed by atoms with E-state index in [1.165, 1.54) is 7.11 Å². The first-order valence-corrected chi connectivity index (χ1v) is 4.06. The van der Waals surface area contributed by atoms with Crippen LogP contribution in [0.15, 0.2) is 0 Å². The van der Waals surface area contributed by atoms with E-state index in [9.17, 15) is 4.79 Å². The SMILES string of the molecule is COC(=O)C[C@@H]1OCC[C@H](C)O1. The fraction of sp³-hybridized carbons (Fsp3) is 0.875. The number of methoxy groups -OCH3 is 1. The molecule has 0 spiro atoms. The molecule has 1 heterocycles. The van der Waals surface area contributed by atoms with E-state index in [4.69, 9.17) is 9.47 Å². The topological polar surface area (TPSA) is 44.8 Å². The van der Waals surface area contributed by atoms with Crippen molar-refractivity contribution in [2.24, 2.45) is 0 Å². The van der Waals surface area contributed by atoms with Crippen LogP contribution < -0.4 is 0 Å². The lowest BCUT2D eigenvalue weighted by atomic mass is 10.2. The van der Waals surface area contributed by atoms with Gasteiger partial charge in [-0.2, -0.15) is 0 Å². The van der Waals surface area contributed by atoms with Crippen LogP contribution in [0.25, 0.3) is 0 Å². The number of hydrogen-bond acceptors (Lipinski definition) is 4. The van der Waals surface area contributed by atoms with Gasteiger partial charge in [0, 0.05) is 0 Å². The second kappa shape index (κ2) is 4.42. The summed E-state index contributed by atoms with van der Waals surface area (Å²) in [5.41, 5.74) is 0. The first kappa shape index (κ1) is 9.48. The highest BCUT2D eigenvalue weighted by molar-refractivity contribution is 5.69. The fourth-order valence-electron chi connectivity index (χ4n) is 1.06. The molecule has 0 radical (unpaired) electrons. The zero-order valence-electron chi connectivity index (χ0n) is 7.41. The van der Waals surface area contributed by atoms with Crippen molar-refractivity contribution in [1.29, 1.82) is 0 Å². The molecule has 1 aliphatic heterocycles. The number of ether oxygens (including phenoxy) is 3. The lowest BCUT2D eigenvalue weighted by Gasteiger charge is -2.27. The van der Waals surface area contributed by atoms with E-state index in [2.05, 4.69) is 4.74 Å². The van der Waals surface area contributed by atoms with E-state index in [0.717, 1.165) is 6.42 Å². The van der Waals surface area contributed by atoms with Gasteiger partial charge >= 0.3 is 5.97 Å². The van der Waals surface area contributed by atoms with Crippen molar-refractivity contribution in [1.82, 2.24) is 0 Å². The molecule has 2 atom stereocenters. The van der Waals surface area contributed by atoms with Gasteiger partial charge in [-0.25, -0.2) is 0 Å². The first-order chi connectivity index (χ1) is 5.72. The Morgan fingerprint density at radius 1 is 1.67 bits per heavy atom. The third kappa shape index (κ3) is 2.79. The molecule has 12 heavy (non-hydrogen) atoms. The molecule has 4 heteroatoms. The Morgan fingerprint density at radius 3 is 3.00 bits per heavy atom.